The van der Waals surface area contributed by atoms with Gasteiger partial charge in [0, 0.05) is 4.47 Å². The number of allylic oxidation sites excluding steroid dienone is 1. The zero-order chi connectivity index (χ0) is 22.3. The van der Waals surface area contributed by atoms with Crippen molar-refractivity contribution in [3.63, 3.8) is 0 Å². The van der Waals surface area contributed by atoms with Gasteiger partial charge in [-0.1, -0.05) is 52.3 Å². The highest BCUT2D eigenvalue weighted by Crippen LogP contribution is 2.31. The van der Waals surface area contributed by atoms with E-state index < -0.39 is 9.84 Å². The molecule has 0 aliphatic carbocycles. The van der Waals surface area contributed by atoms with Crippen LogP contribution in [0.4, 0.5) is 0 Å². The summed E-state index contributed by atoms with van der Waals surface area (Å²) < 4.78 is 38.1. The number of benzene rings is 3. The Balaban J connectivity index is 1.88. The van der Waals surface area contributed by atoms with Crippen molar-refractivity contribution in [2.75, 3.05) is 6.61 Å². The van der Waals surface area contributed by atoms with E-state index >= 15 is 0 Å². The van der Waals surface area contributed by atoms with Gasteiger partial charge >= 0.3 is 0 Å². The maximum absolute atomic E-state index is 12.8. The molecule has 5 nitrogen and oxygen atoms in total. The number of hydrogen-bond donors (Lipinski definition) is 0. The van der Waals surface area contributed by atoms with Gasteiger partial charge in [0.05, 0.1) is 11.5 Å². The zero-order valence-electron chi connectivity index (χ0n) is 16.8. The van der Waals surface area contributed by atoms with E-state index in [2.05, 4.69) is 15.9 Å². The minimum Gasteiger partial charge on any atom is -0.490 e. The molecule has 3 rings (SSSR count). The lowest BCUT2D eigenvalue weighted by Crippen LogP contribution is -2.03. The highest BCUT2D eigenvalue weighted by molar-refractivity contribution is 9.10. The van der Waals surface area contributed by atoms with Gasteiger partial charge in [0.25, 0.3) is 0 Å². The Morgan fingerprint density at radius 1 is 1.00 bits per heavy atom. The minimum absolute atomic E-state index is 0.0716. The van der Waals surface area contributed by atoms with Crippen molar-refractivity contribution < 1.29 is 17.9 Å². The Morgan fingerprint density at radius 2 is 1.71 bits per heavy atom. The van der Waals surface area contributed by atoms with Crippen LogP contribution < -0.4 is 9.47 Å². The molecule has 0 spiro atoms. The van der Waals surface area contributed by atoms with E-state index in [1.54, 1.807) is 42.5 Å². The minimum atomic E-state index is -3.91. The molecule has 7 heteroatoms. The van der Waals surface area contributed by atoms with Gasteiger partial charge in [-0.2, -0.15) is 5.26 Å². The van der Waals surface area contributed by atoms with Crippen molar-refractivity contribution in [1.29, 1.82) is 5.26 Å². The summed E-state index contributed by atoms with van der Waals surface area (Å²) >= 11 is 3.40. The molecule has 0 unspecified atom stereocenters. The second-order valence-corrected chi connectivity index (χ2v) is 9.32. The first-order valence-corrected chi connectivity index (χ1v) is 11.8. The maximum Gasteiger partial charge on any atom is 0.216 e. The monoisotopic (exact) mass is 497 g/mol. The van der Waals surface area contributed by atoms with Crippen molar-refractivity contribution in [3.8, 4) is 17.6 Å². The lowest BCUT2D eigenvalue weighted by atomic mass is 10.2. The van der Waals surface area contributed by atoms with Crippen LogP contribution in [0.5, 0.6) is 11.5 Å². The molecule has 0 saturated carbocycles. The average molecular weight is 498 g/mol. The first kappa shape index (κ1) is 22.6. The molecule has 0 heterocycles. The fourth-order valence-electron chi connectivity index (χ4n) is 2.79. The van der Waals surface area contributed by atoms with Crippen molar-refractivity contribution in [3.05, 3.63) is 93.3 Å². The molecule has 0 aliphatic heterocycles. The molecule has 3 aromatic carbocycles. The van der Waals surface area contributed by atoms with Gasteiger partial charge in [0.1, 0.15) is 17.6 Å². The molecule has 0 aromatic heterocycles. The molecule has 0 bridgehead atoms. The van der Waals surface area contributed by atoms with Crippen LogP contribution >= 0.6 is 15.9 Å². The summed E-state index contributed by atoms with van der Waals surface area (Å²) in [5.74, 6) is 1.01. The third kappa shape index (κ3) is 5.75. The molecular formula is C24H20BrNO4S. The highest BCUT2D eigenvalue weighted by atomic mass is 79.9. The first-order valence-electron chi connectivity index (χ1n) is 9.50. The van der Waals surface area contributed by atoms with Crippen LogP contribution in [0.1, 0.15) is 18.1 Å². The summed E-state index contributed by atoms with van der Waals surface area (Å²) in [7, 11) is -3.91. The molecule has 158 valence electrons. The number of halogens is 1. The summed E-state index contributed by atoms with van der Waals surface area (Å²) in [6, 6.07) is 22.5. The maximum atomic E-state index is 12.8. The Labute approximate surface area is 190 Å². The molecule has 0 N–H and O–H groups in total. The van der Waals surface area contributed by atoms with Crippen LogP contribution in [-0.2, 0) is 16.4 Å². The summed E-state index contributed by atoms with van der Waals surface area (Å²) in [4.78, 5) is -0.271. The smallest absolute Gasteiger partial charge is 0.216 e. The SMILES string of the molecule is CCOc1cc(C=C(C#N)S(=O)(=O)c2ccccc2)ccc1OCc1ccc(Br)cc1. The fourth-order valence-corrected chi connectivity index (χ4v) is 4.24. The Hall–Kier alpha value is -3.08. The number of sulfone groups is 1. The molecule has 0 fully saturated rings. The van der Waals surface area contributed by atoms with Gasteiger partial charge in [-0.3, -0.25) is 0 Å². The van der Waals surface area contributed by atoms with Gasteiger partial charge in [0.15, 0.2) is 11.5 Å². The molecule has 0 saturated heterocycles. The number of nitrogens with zero attached hydrogens (tertiary/aromatic N) is 1. The zero-order valence-corrected chi connectivity index (χ0v) is 19.2. The molecule has 0 amide bonds. The molecule has 0 atom stereocenters. The molecule has 3 aromatic rings. The van der Waals surface area contributed by atoms with Crippen molar-refractivity contribution in [2.45, 2.75) is 18.4 Å². The van der Waals surface area contributed by atoms with Crippen LogP contribution in [0, 0.1) is 11.3 Å². The topological polar surface area (TPSA) is 76.4 Å². The van der Waals surface area contributed by atoms with E-state index in [-0.39, 0.29) is 9.80 Å². The van der Waals surface area contributed by atoms with Gasteiger partial charge < -0.3 is 9.47 Å². The van der Waals surface area contributed by atoms with E-state index in [4.69, 9.17) is 9.47 Å². The van der Waals surface area contributed by atoms with Crippen LogP contribution in [0.2, 0.25) is 0 Å². The van der Waals surface area contributed by atoms with Gasteiger partial charge in [-0.15, -0.1) is 0 Å². The van der Waals surface area contributed by atoms with Crippen LogP contribution in [0.25, 0.3) is 6.08 Å². The van der Waals surface area contributed by atoms with E-state index in [0.29, 0.717) is 30.3 Å². The number of hydrogen-bond acceptors (Lipinski definition) is 5. The van der Waals surface area contributed by atoms with E-state index in [9.17, 15) is 13.7 Å². The predicted octanol–water partition coefficient (Wildman–Crippen LogP) is 5.77. The second kappa shape index (κ2) is 10.3. The number of ether oxygens (including phenoxy) is 2. The lowest BCUT2D eigenvalue weighted by Gasteiger charge is -2.13. The van der Waals surface area contributed by atoms with E-state index in [1.807, 2.05) is 31.2 Å². The first-order chi connectivity index (χ1) is 14.9. The van der Waals surface area contributed by atoms with E-state index in [1.165, 1.54) is 18.2 Å². The number of nitriles is 1. The van der Waals surface area contributed by atoms with Crippen LogP contribution in [0.15, 0.2) is 87.1 Å². The van der Waals surface area contributed by atoms with Crippen molar-refractivity contribution in [2.24, 2.45) is 0 Å². The third-order valence-electron chi connectivity index (χ3n) is 4.33. The Kier molecular flexibility index (Phi) is 7.50. The average Bonchev–Trinajstić information content (AvgIpc) is 2.78. The van der Waals surface area contributed by atoms with Gasteiger partial charge in [-0.05, 0) is 60.5 Å². The van der Waals surface area contributed by atoms with Gasteiger partial charge in [0.2, 0.25) is 9.84 Å². The molecule has 31 heavy (non-hydrogen) atoms. The molecule has 0 aliphatic rings. The summed E-state index contributed by atoms with van der Waals surface area (Å²) in [6.45, 7) is 2.62. The Morgan fingerprint density at radius 3 is 2.35 bits per heavy atom. The van der Waals surface area contributed by atoms with Gasteiger partial charge in [-0.25, -0.2) is 8.42 Å². The largest absolute Gasteiger partial charge is 0.490 e. The Bertz CT molecular complexity index is 1210. The summed E-state index contributed by atoms with van der Waals surface area (Å²) in [5, 5.41) is 9.48. The highest BCUT2D eigenvalue weighted by Gasteiger charge is 2.20. The quantitative estimate of drug-likeness (QED) is 0.369. The molecule has 0 radical (unpaired) electrons. The van der Waals surface area contributed by atoms with Crippen molar-refractivity contribution in [1.82, 2.24) is 0 Å². The molecular weight excluding hydrogens is 478 g/mol. The fraction of sp³-hybridized carbons (Fsp3) is 0.125. The van der Waals surface area contributed by atoms with E-state index in [0.717, 1.165) is 10.0 Å². The lowest BCUT2D eigenvalue weighted by molar-refractivity contribution is 0.269. The summed E-state index contributed by atoms with van der Waals surface area (Å²) in [5.41, 5.74) is 1.52. The third-order valence-corrected chi connectivity index (χ3v) is 6.54. The van der Waals surface area contributed by atoms with Crippen LogP contribution in [-0.4, -0.2) is 15.0 Å². The van der Waals surface area contributed by atoms with Crippen LogP contribution in [0.3, 0.4) is 0 Å². The number of rotatable bonds is 8. The second-order valence-electron chi connectivity index (χ2n) is 6.49. The normalized spacial score (nSPS) is 11.6. The van der Waals surface area contributed by atoms with Crippen molar-refractivity contribution >= 4 is 31.8 Å². The summed E-state index contributed by atoms with van der Waals surface area (Å²) in [6.07, 6.45) is 1.34. The predicted molar refractivity (Wildman–Crippen MR) is 123 cm³/mol. The standard InChI is InChI=1S/C24H20BrNO4S/c1-2-29-24-15-19(10-13-23(24)30-17-18-8-11-20(25)12-9-18)14-22(16-26)31(27,28)21-6-4-3-5-7-21/h3-15H,2,17H2,1H3.